The standard InChI is InChI=1S/C13H26NO7PSi/c1-14(9-15)10-22(18,21-23(4,5)6)8-11(13(17)20-3)7-12(16)19-2/h9,11H,7-8,10H2,1-6H3. The summed E-state index contributed by atoms with van der Waals surface area (Å²) in [7, 11) is -1.70. The van der Waals surface area contributed by atoms with Crippen molar-refractivity contribution in [1.29, 1.82) is 0 Å². The fourth-order valence-electron chi connectivity index (χ4n) is 2.01. The third-order valence-corrected chi connectivity index (χ3v) is 8.13. The molecule has 23 heavy (non-hydrogen) atoms. The van der Waals surface area contributed by atoms with Crippen LogP contribution in [0.1, 0.15) is 6.42 Å². The van der Waals surface area contributed by atoms with Crippen LogP contribution in [-0.4, -0.2) is 65.3 Å². The normalized spacial score (nSPS) is 15.2. The Morgan fingerprint density at radius 3 is 2.17 bits per heavy atom. The van der Waals surface area contributed by atoms with Crippen molar-refractivity contribution in [1.82, 2.24) is 4.90 Å². The molecule has 0 N–H and O–H groups in total. The lowest BCUT2D eigenvalue weighted by atomic mass is 10.1. The van der Waals surface area contributed by atoms with Gasteiger partial charge in [0, 0.05) is 13.2 Å². The maximum atomic E-state index is 13.2. The average Bonchev–Trinajstić information content (AvgIpc) is 2.42. The van der Waals surface area contributed by atoms with Crippen LogP contribution in [0.2, 0.25) is 19.6 Å². The van der Waals surface area contributed by atoms with Gasteiger partial charge in [-0.2, -0.15) is 0 Å². The van der Waals surface area contributed by atoms with Crippen molar-refractivity contribution in [2.24, 2.45) is 5.92 Å². The lowest BCUT2D eigenvalue weighted by molar-refractivity contribution is -0.151. The summed E-state index contributed by atoms with van der Waals surface area (Å²) in [6.45, 7) is 5.57. The molecule has 0 aliphatic rings. The molecule has 0 radical (unpaired) electrons. The number of carbonyl (C=O) groups is 3. The van der Waals surface area contributed by atoms with E-state index in [1.807, 2.05) is 19.6 Å². The Labute approximate surface area is 138 Å². The van der Waals surface area contributed by atoms with Crippen LogP contribution < -0.4 is 0 Å². The largest absolute Gasteiger partial charge is 0.469 e. The van der Waals surface area contributed by atoms with Crippen molar-refractivity contribution in [2.75, 3.05) is 33.7 Å². The summed E-state index contributed by atoms with van der Waals surface area (Å²) in [4.78, 5) is 35.4. The van der Waals surface area contributed by atoms with Crippen LogP contribution in [0.25, 0.3) is 0 Å². The monoisotopic (exact) mass is 367 g/mol. The molecule has 1 amide bonds. The molecule has 0 heterocycles. The summed E-state index contributed by atoms with van der Waals surface area (Å²) >= 11 is 0. The molecule has 0 spiro atoms. The molecule has 8 nitrogen and oxygen atoms in total. The average molecular weight is 367 g/mol. The first-order chi connectivity index (χ1) is 10.5. The highest BCUT2D eigenvalue weighted by atomic mass is 31.2. The molecule has 2 atom stereocenters. The highest BCUT2D eigenvalue weighted by Gasteiger charge is 2.38. The Balaban J connectivity index is 5.41. The van der Waals surface area contributed by atoms with E-state index in [2.05, 4.69) is 9.47 Å². The quantitative estimate of drug-likeness (QED) is 0.250. The number of nitrogens with zero attached hydrogens (tertiary/aromatic N) is 1. The van der Waals surface area contributed by atoms with E-state index in [4.69, 9.17) is 4.21 Å². The van der Waals surface area contributed by atoms with Crippen LogP contribution in [0.3, 0.4) is 0 Å². The van der Waals surface area contributed by atoms with Gasteiger partial charge in [0.1, 0.15) is 0 Å². The highest BCUT2D eigenvalue weighted by molar-refractivity contribution is 7.60. The summed E-state index contributed by atoms with van der Waals surface area (Å²) in [5, 5.41) is 0. The molecular weight excluding hydrogens is 341 g/mol. The second-order valence-corrected chi connectivity index (χ2v) is 13.4. The number of carbonyl (C=O) groups excluding carboxylic acids is 3. The fourth-order valence-corrected chi connectivity index (χ4v) is 8.34. The molecule has 0 aromatic rings. The van der Waals surface area contributed by atoms with Crippen LogP contribution in [-0.2, 0) is 32.6 Å². The first kappa shape index (κ1) is 21.8. The van der Waals surface area contributed by atoms with Gasteiger partial charge >= 0.3 is 11.9 Å². The number of hydrogen-bond acceptors (Lipinski definition) is 7. The maximum absolute atomic E-state index is 13.2. The van der Waals surface area contributed by atoms with Crippen molar-refractivity contribution in [2.45, 2.75) is 26.1 Å². The van der Waals surface area contributed by atoms with Crippen LogP contribution in [0, 0.1) is 5.92 Å². The van der Waals surface area contributed by atoms with Crippen molar-refractivity contribution < 1.29 is 32.6 Å². The molecule has 2 unspecified atom stereocenters. The summed E-state index contributed by atoms with van der Waals surface area (Å²) in [6.07, 6.45) is -0.0344. The molecule has 0 fully saturated rings. The first-order valence-corrected chi connectivity index (χ1v) is 12.5. The van der Waals surface area contributed by atoms with E-state index in [-0.39, 0.29) is 18.9 Å². The Bertz CT molecular complexity index is 477. The van der Waals surface area contributed by atoms with Gasteiger partial charge in [0.15, 0.2) is 8.32 Å². The number of methoxy groups -OCH3 is 2. The summed E-state index contributed by atoms with van der Waals surface area (Å²) < 4.78 is 28.2. The van der Waals surface area contributed by atoms with E-state index in [1.54, 1.807) is 0 Å². The number of hydrogen-bond donors (Lipinski definition) is 0. The topological polar surface area (TPSA) is 99.2 Å². The lowest BCUT2D eigenvalue weighted by Crippen LogP contribution is -2.32. The van der Waals surface area contributed by atoms with E-state index in [0.717, 1.165) is 0 Å². The van der Waals surface area contributed by atoms with Crippen molar-refractivity contribution in [3.05, 3.63) is 0 Å². The van der Waals surface area contributed by atoms with E-state index in [0.29, 0.717) is 6.41 Å². The molecule has 10 heteroatoms. The van der Waals surface area contributed by atoms with Gasteiger partial charge in [0.25, 0.3) is 0 Å². The minimum atomic E-state index is -3.36. The van der Waals surface area contributed by atoms with Gasteiger partial charge in [-0.25, -0.2) is 0 Å². The molecule has 134 valence electrons. The molecule has 0 rings (SSSR count). The van der Waals surface area contributed by atoms with Gasteiger partial charge in [-0.05, 0) is 19.6 Å². The van der Waals surface area contributed by atoms with Crippen LogP contribution >= 0.6 is 7.37 Å². The molecule has 0 saturated carbocycles. The van der Waals surface area contributed by atoms with Crippen LogP contribution in [0.5, 0.6) is 0 Å². The van der Waals surface area contributed by atoms with E-state index in [1.165, 1.54) is 26.2 Å². The zero-order valence-electron chi connectivity index (χ0n) is 14.5. The Morgan fingerprint density at radius 1 is 1.22 bits per heavy atom. The molecule has 0 aromatic heterocycles. The van der Waals surface area contributed by atoms with Crippen molar-refractivity contribution in [3.8, 4) is 0 Å². The van der Waals surface area contributed by atoms with Crippen molar-refractivity contribution >= 4 is 34.0 Å². The number of amides is 1. The second-order valence-electron chi connectivity index (χ2n) is 6.20. The predicted molar refractivity (Wildman–Crippen MR) is 87.7 cm³/mol. The van der Waals surface area contributed by atoms with Crippen LogP contribution in [0.15, 0.2) is 0 Å². The Kier molecular flexibility index (Phi) is 8.72. The summed E-state index contributed by atoms with van der Waals surface area (Å²) in [5.74, 6) is -2.22. The lowest BCUT2D eigenvalue weighted by Gasteiger charge is -2.30. The Morgan fingerprint density at radius 2 is 1.78 bits per heavy atom. The zero-order valence-corrected chi connectivity index (χ0v) is 16.4. The summed E-state index contributed by atoms with van der Waals surface area (Å²) in [6, 6.07) is 0. The van der Waals surface area contributed by atoms with Gasteiger partial charge in [-0.1, -0.05) is 0 Å². The fraction of sp³-hybridized carbons (Fsp3) is 0.769. The van der Waals surface area contributed by atoms with E-state index in [9.17, 15) is 18.9 Å². The SMILES string of the molecule is COC(=O)CC(CP(=O)(CN(C)C=O)O[Si](C)(C)C)C(=O)OC. The third-order valence-electron chi connectivity index (χ3n) is 2.73. The minimum absolute atomic E-state index is 0.130. The molecule has 0 aliphatic carbocycles. The smallest absolute Gasteiger partial charge is 0.309 e. The highest BCUT2D eigenvalue weighted by Crippen LogP contribution is 2.51. The van der Waals surface area contributed by atoms with Crippen LogP contribution in [0.4, 0.5) is 0 Å². The third kappa shape index (κ3) is 8.88. The van der Waals surface area contributed by atoms with Gasteiger partial charge in [-0.15, -0.1) is 0 Å². The number of esters is 2. The van der Waals surface area contributed by atoms with Gasteiger partial charge in [-0.3, -0.25) is 18.9 Å². The van der Waals surface area contributed by atoms with E-state index >= 15 is 0 Å². The minimum Gasteiger partial charge on any atom is -0.469 e. The molecule has 0 bridgehead atoms. The second kappa shape index (κ2) is 9.20. The molecule has 0 aliphatic heterocycles. The summed E-state index contributed by atoms with van der Waals surface area (Å²) in [5.41, 5.74) is 0. The molecule has 0 aromatic carbocycles. The van der Waals surface area contributed by atoms with Gasteiger partial charge < -0.3 is 18.6 Å². The molecule has 0 saturated heterocycles. The maximum Gasteiger partial charge on any atom is 0.309 e. The van der Waals surface area contributed by atoms with Gasteiger partial charge in [0.05, 0.1) is 32.8 Å². The van der Waals surface area contributed by atoms with Gasteiger partial charge in [0.2, 0.25) is 13.8 Å². The predicted octanol–water partition coefficient (Wildman–Crippen LogP) is 1.51. The number of ether oxygens (including phenoxy) is 2. The number of rotatable bonds is 10. The zero-order chi connectivity index (χ0) is 18.3. The first-order valence-electron chi connectivity index (χ1n) is 7.05. The molecular formula is C13H26NO7PSi. The van der Waals surface area contributed by atoms with Crippen molar-refractivity contribution in [3.63, 3.8) is 0 Å². The van der Waals surface area contributed by atoms with E-state index < -0.39 is 33.5 Å². The Hall–Kier alpha value is -1.18.